The van der Waals surface area contributed by atoms with Gasteiger partial charge in [-0.05, 0) is 37.6 Å². The lowest BCUT2D eigenvalue weighted by Crippen LogP contribution is -2.13. The Kier molecular flexibility index (Phi) is 4.65. The summed E-state index contributed by atoms with van der Waals surface area (Å²) >= 11 is 7.57. The van der Waals surface area contributed by atoms with Gasteiger partial charge >= 0.3 is 5.97 Å². The number of halogens is 1. The summed E-state index contributed by atoms with van der Waals surface area (Å²) < 4.78 is 4.65. The Hall–Kier alpha value is -1.85. The molecule has 0 aliphatic heterocycles. The molecule has 1 amide bonds. The van der Waals surface area contributed by atoms with Crippen LogP contribution in [-0.2, 0) is 4.74 Å². The Balaban J connectivity index is 2.28. The van der Waals surface area contributed by atoms with Crippen LogP contribution in [0.25, 0.3) is 0 Å². The maximum atomic E-state index is 12.3. The molecule has 0 fully saturated rings. The molecule has 0 saturated heterocycles. The number of thiophene rings is 1. The van der Waals surface area contributed by atoms with Gasteiger partial charge in [-0.3, -0.25) is 4.79 Å². The van der Waals surface area contributed by atoms with Crippen LogP contribution < -0.4 is 5.32 Å². The molecule has 0 aliphatic carbocycles. The van der Waals surface area contributed by atoms with Gasteiger partial charge in [-0.25, -0.2) is 4.79 Å². The van der Waals surface area contributed by atoms with Gasteiger partial charge in [0.25, 0.3) is 5.91 Å². The van der Waals surface area contributed by atoms with E-state index in [-0.39, 0.29) is 5.91 Å². The maximum Gasteiger partial charge on any atom is 0.337 e. The van der Waals surface area contributed by atoms with E-state index in [0.29, 0.717) is 21.8 Å². The second kappa shape index (κ2) is 6.28. The molecule has 2 rings (SSSR count). The SMILES string of the molecule is COC(=O)c1ccc(Cl)c(NC(=O)c2csc(C)c2C)c1. The summed E-state index contributed by atoms with van der Waals surface area (Å²) in [5.41, 5.74) is 2.26. The molecule has 21 heavy (non-hydrogen) atoms. The van der Waals surface area contributed by atoms with Crippen LogP contribution >= 0.6 is 22.9 Å². The molecule has 0 radical (unpaired) electrons. The fraction of sp³-hybridized carbons (Fsp3) is 0.200. The van der Waals surface area contributed by atoms with E-state index in [9.17, 15) is 9.59 Å². The zero-order chi connectivity index (χ0) is 15.6. The van der Waals surface area contributed by atoms with E-state index in [1.54, 1.807) is 17.5 Å². The number of carbonyl (C=O) groups excluding carboxylic acids is 2. The van der Waals surface area contributed by atoms with E-state index in [2.05, 4.69) is 10.1 Å². The normalized spacial score (nSPS) is 10.3. The summed E-state index contributed by atoms with van der Waals surface area (Å²) in [6.45, 7) is 3.86. The highest BCUT2D eigenvalue weighted by Crippen LogP contribution is 2.26. The Labute approximate surface area is 131 Å². The summed E-state index contributed by atoms with van der Waals surface area (Å²) in [6, 6.07) is 4.60. The third kappa shape index (κ3) is 3.25. The van der Waals surface area contributed by atoms with E-state index >= 15 is 0 Å². The van der Waals surface area contributed by atoms with Crippen LogP contribution in [-0.4, -0.2) is 19.0 Å². The molecule has 1 aromatic carbocycles. The van der Waals surface area contributed by atoms with Crippen molar-refractivity contribution in [2.45, 2.75) is 13.8 Å². The molecule has 0 atom stereocenters. The maximum absolute atomic E-state index is 12.3. The summed E-state index contributed by atoms with van der Waals surface area (Å²) in [7, 11) is 1.30. The lowest BCUT2D eigenvalue weighted by molar-refractivity contribution is 0.0600. The second-order valence-electron chi connectivity index (χ2n) is 4.47. The first-order valence-electron chi connectivity index (χ1n) is 6.18. The molecule has 1 aromatic heterocycles. The minimum atomic E-state index is -0.482. The number of methoxy groups -OCH3 is 1. The highest BCUT2D eigenvalue weighted by atomic mass is 35.5. The van der Waals surface area contributed by atoms with Crippen LogP contribution in [0.2, 0.25) is 5.02 Å². The number of amides is 1. The topological polar surface area (TPSA) is 55.4 Å². The van der Waals surface area contributed by atoms with Crippen molar-refractivity contribution in [1.82, 2.24) is 0 Å². The number of ether oxygens (including phenoxy) is 1. The molecule has 4 nitrogen and oxygen atoms in total. The highest BCUT2D eigenvalue weighted by molar-refractivity contribution is 7.10. The van der Waals surface area contributed by atoms with Crippen LogP contribution in [0.4, 0.5) is 5.69 Å². The van der Waals surface area contributed by atoms with Crippen molar-refractivity contribution in [3.05, 3.63) is 50.2 Å². The van der Waals surface area contributed by atoms with Gasteiger partial charge in [-0.2, -0.15) is 0 Å². The van der Waals surface area contributed by atoms with E-state index in [4.69, 9.17) is 11.6 Å². The minimum absolute atomic E-state index is 0.249. The van der Waals surface area contributed by atoms with Crippen LogP contribution in [0.15, 0.2) is 23.6 Å². The Bertz CT molecular complexity index is 709. The van der Waals surface area contributed by atoms with Gasteiger partial charge < -0.3 is 10.1 Å². The molecule has 110 valence electrons. The van der Waals surface area contributed by atoms with Gasteiger partial charge in [0.05, 0.1) is 28.9 Å². The Morgan fingerprint density at radius 3 is 2.57 bits per heavy atom. The van der Waals surface area contributed by atoms with Gasteiger partial charge in [0.1, 0.15) is 0 Å². The number of rotatable bonds is 3. The lowest BCUT2D eigenvalue weighted by Gasteiger charge is -2.09. The largest absolute Gasteiger partial charge is 0.465 e. The van der Waals surface area contributed by atoms with Gasteiger partial charge in [-0.15, -0.1) is 11.3 Å². The molecule has 0 unspecified atom stereocenters. The Morgan fingerprint density at radius 1 is 1.29 bits per heavy atom. The number of anilines is 1. The second-order valence-corrected chi connectivity index (χ2v) is 5.96. The molecular weight excluding hydrogens is 310 g/mol. The number of hydrogen-bond acceptors (Lipinski definition) is 4. The quantitative estimate of drug-likeness (QED) is 0.867. The first-order valence-corrected chi connectivity index (χ1v) is 7.43. The number of hydrogen-bond donors (Lipinski definition) is 1. The minimum Gasteiger partial charge on any atom is -0.465 e. The first-order chi connectivity index (χ1) is 9.93. The van der Waals surface area contributed by atoms with Crippen LogP contribution in [0.5, 0.6) is 0 Å². The first kappa shape index (κ1) is 15.5. The molecule has 6 heteroatoms. The smallest absolute Gasteiger partial charge is 0.337 e. The number of benzene rings is 1. The Morgan fingerprint density at radius 2 is 2.00 bits per heavy atom. The van der Waals surface area contributed by atoms with Gasteiger partial charge in [0, 0.05) is 10.3 Å². The summed E-state index contributed by atoms with van der Waals surface area (Å²) in [6.07, 6.45) is 0. The standard InChI is InChI=1S/C15H14ClNO3S/c1-8-9(2)21-7-11(8)14(18)17-13-6-10(15(19)20-3)4-5-12(13)16/h4-7H,1-3H3,(H,17,18). The van der Waals surface area contributed by atoms with Crippen molar-refractivity contribution in [2.75, 3.05) is 12.4 Å². The van der Waals surface area contributed by atoms with Crippen molar-refractivity contribution in [2.24, 2.45) is 0 Å². The molecule has 0 aliphatic rings. The number of esters is 1. The van der Waals surface area contributed by atoms with Crippen LogP contribution in [0.1, 0.15) is 31.2 Å². The van der Waals surface area contributed by atoms with E-state index < -0.39 is 5.97 Å². The highest BCUT2D eigenvalue weighted by Gasteiger charge is 2.15. The summed E-state index contributed by atoms with van der Waals surface area (Å²) in [4.78, 5) is 24.9. The molecule has 2 aromatic rings. The summed E-state index contributed by atoms with van der Waals surface area (Å²) in [5.74, 6) is -0.731. The van der Waals surface area contributed by atoms with Crippen molar-refractivity contribution in [3.8, 4) is 0 Å². The fourth-order valence-corrected chi connectivity index (χ4v) is 2.82. The van der Waals surface area contributed by atoms with Crippen molar-refractivity contribution >= 4 is 40.5 Å². The van der Waals surface area contributed by atoms with Crippen molar-refractivity contribution in [1.29, 1.82) is 0 Å². The average Bonchev–Trinajstić information content (AvgIpc) is 2.80. The van der Waals surface area contributed by atoms with Crippen molar-refractivity contribution < 1.29 is 14.3 Å². The average molecular weight is 324 g/mol. The van der Waals surface area contributed by atoms with Gasteiger partial charge in [0.2, 0.25) is 0 Å². The third-order valence-corrected chi connectivity index (χ3v) is 4.51. The lowest BCUT2D eigenvalue weighted by atomic mass is 10.1. The van der Waals surface area contributed by atoms with E-state index in [0.717, 1.165) is 10.4 Å². The summed E-state index contributed by atoms with van der Waals surface area (Å²) in [5, 5.41) is 4.89. The van der Waals surface area contributed by atoms with Crippen LogP contribution in [0, 0.1) is 13.8 Å². The molecule has 1 heterocycles. The molecule has 0 saturated carbocycles. The van der Waals surface area contributed by atoms with Crippen LogP contribution in [0.3, 0.4) is 0 Å². The number of aryl methyl sites for hydroxylation is 1. The third-order valence-electron chi connectivity index (χ3n) is 3.17. The predicted molar refractivity (Wildman–Crippen MR) is 84.5 cm³/mol. The molecular formula is C15H14ClNO3S. The number of carbonyl (C=O) groups is 2. The van der Waals surface area contributed by atoms with Gasteiger partial charge in [0.15, 0.2) is 0 Å². The zero-order valence-electron chi connectivity index (χ0n) is 11.8. The molecule has 0 spiro atoms. The fourth-order valence-electron chi connectivity index (χ4n) is 1.79. The number of nitrogens with one attached hydrogen (secondary N) is 1. The molecule has 0 bridgehead atoms. The monoisotopic (exact) mass is 323 g/mol. The van der Waals surface area contributed by atoms with E-state index in [1.165, 1.54) is 24.5 Å². The van der Waals surface area contributed by atoms with Crippen molar-refractivity contribution in [3.63, 3.8) is 0 Å². The predicted octanol–water partition coefficient (Wildman–Crippen LogP) is 4.06. The molecule has 1 N–H and O–H groups in total. The zero-order valence-corrected chi connectivity index (χ0v) is 13.4. The van der Waals surface area contributed by atoms with Gasteiger partial charge in [-0.1, -0.05) is 11.6 Å². The van der Waals surface area contributed by atoms with E-state index in [1.807, 2.05) is 13.8 Å².